The Bertz CT molecular complexity index is 445. The van der Waals surface area contributed by atoms with E-state index < -0.39 is 11.9 Å². The standard InChI is InChI=1S/C13H20N2O3S/c1-4-10-5-8-19-11(10)13(17)15(6-7-18-3)9(2)12(14)16/h5,8-9H,4,6-7H2,1-3H3,(H2,14,16). The van der Waals surface area contributed by atoms with Crippen molar-refractivity contribution in [2.75, 3.05) is 20.3 Å². The minimum absolute atomic E-state index is 0.157. The number of thiophene rings is 1. The monoisotopic (exact) mass is 284 g/mol. The molecule has 0 bridgehead atoms. The third kappa shape index (κ3) is 3.78. The second-order valence-electron chi connectivity index (χ2n) is 4.20. The van der Waals surface area contributed by atoms with Crippen LogP contribution in [0, 0.1) is 0 Å². The maximum atomic E-state index is 12.5. The molecule has 0 saturated carbocycles. The molecule has 5 nitrogen and oxygen atoms in total. The van der Waals surface area contributed by atoms with Crippen molar-refractivity contribution in [2.45, 2.75) is 26.3 Å². The summed E-state index contributed by atoms with van der Waals surface area (Å²) in [4.78, 5) is 26.0. The molecule has 0 radical (unpaired) electrons. The summed E-state index contributed by atoms with van der Waals surface area (Å²) in [6.45, 7) is 4.35. The van der Waals surface area contributed by atoms with Crippen molar-refractivity contribution in [3.05, 3.63) is 21.9 Å². The van der Waals surface area contributed by atoms with Crippen LogP contribution in [0.25, 0.3) is 0 Å². The van der Waals surface area contributed by atoms with Crippen LogP contribution >= 0.6 is 11.3 Å². The number of carbonyl (C=O) groups excluding carboxylic acids is 2. The van der Waals surface area contributed by atoms with Gasteiger partial charge >= 0.3 is 0 Å². The van der Waals surface area contributed by atoms with Crippen LogP contribution < -0.4 is 5.73 Å². The summed E-state index contributed by atoms with van der Waals surface area (Å²) in [7, 11) is 1.56. The van der Waals surface area contributed by atoms with Crippen LogP contribution in [0.15, 0.2) is 11.4 Å². The highest BCUT2D eigenvalue weighted by atomic mass is 32.1. The molecule has 0 aromatic carbocycles. The van der Waals surface area contributed by atoms with Crippen LogP contribution in [-0.4, -0.2) is 43.0 Å². The number of hydrogen-bond acceptors (Lipinski definition) is 4. The van der Waals surface area contributed by atoms with E-state index in [9.17, 15) is 9.59 Å². The summed E-state index contributed by atoms with van der Waals surface area (Å²) >= 11 is 1.39. The molecule has 1 heterocycles. The first-order valence-corrected chi connectivity index (χ1v) is 7.06. The number of amides is 2. The van der Waals surface area contributed by atoms with E-state index in [0.29, 0.717) is 18.0 Å². The molecule has 0 aliphatic rings. The molecule has 1 atom stereocenters. The summed E-state index contributed by atoms with van der Waals surface area (Å²) in [5, 5.41) is 1.88. The fraction of sp³-hybridized carbons (Fsp3) is 0.538. The molecule has 6 heteroatoms. The largest absolute Gasteiger partial charge is 0.383 e. The molecule has 0 fully saturated rings. The molecule has 1 unspecified atom stereocenters. The second-order valence-corrected chi connectivity index (χ2v) is 5.11. The average molecular weight is 284 g/mol. The van der Waals surface area contributed by atoms with Crippen LogP contribution in [-0.2, 0) is 16.0 Å². The van der Waals surface area contributed by atoms with Crippen molar-refractivity contribution in [3.8, 4) is 0 Å². The zero-order valence-corrected chi connectivity index (χ0v) is 12.3. The maximum absolute atomic E-state index is 12.5. The van der Waals surface area contributed by atoms with Crippen molar-refractivity contribution in [1.82, 2.24) is 4.90 Å². The van der Waals surface area contributed by atoms with Gasteiger partial charge < -0.3 is 15.4 Å². The lowest BCUT2D eigenvalue weighted by Gasteiger charge is -2.26. The number of nitrogens with two attached hydrogens (primary N) is 1. The molecule has 1 aromatic heterocycles. The highest BCUT2D eigenvalue weighted by Gasteiger charge is 2.26. The molecule has 1 aromatic rings. The lowest BCUT2D eigenvalue weighted by atomic mass is 10.1. The lowest BCUT2D eigenvalue weighted by Crippen LogP contribution is -2.47. The van der Waals surface area contributed by atoms with Gasteiger partial charge in [0.2, 0.25) is 5.91 Å². The molecular weight excluding hydrogens is 264 g/mol. The topological polar surface area (TPSA) is 72.6 Å². The smallest absolute Gasteiger partial charge is 0.264 e. The van der Waals surface area contributed by atoms with Crippen LogP contribution in [0.1, 0.15) is 29.1 Å². The van der Waals surface area contributed by atoms with Gasteiger partial charge in [-0.25, -0.2) is 0 Å². The van der Waals surface area contributed by atoms with Gasteiger partial charge in [0.25, 0.3) is 5.91 Å². The molecule has 19 heavy (non-hydrogen) atoms. The quantitative estimate of drug-likeness (QED) is 0.819. The van der Waals surface area contributed by atoms with E-state index in [0.717, 1.165) is 12.0 Å². The van der Waals surface area contributed by atoms with E-state index in [1.165, 1.54) is 16.2 Å². The zero-order valence-electron chi connectivity index (χ0n) is 11.5. The Morgan fingerprint density at radius 1 is 1.53 bits per heavy atom. The SMILES string of the molecule is CCc1ccsc1C(=O)N(CCOC)C(C)C(N)=O. The minimum atomic E-state index is -0.644. The molecule has 0 spiro atoms. The van der Waals surface area contributed by atoms with E-state index in [4.69, 9.17) is 10.5 Å². The predicted molar refractivity (Wildman–Crippen MR) is 75.3 cm³/mol. The summed E-state index contributed by atoms with van der Waals surface area (Å²) in [5.41, 5.74) is 6.29. The van der Waals surface area contributed by atoms with E-state index in [1.807, 2.05) is 18.4 Å². The second kappa shape index (κ2) is 7.25. The van der Waals surface area contributed by atoms with Crippen LogP contribution in [0.4, 0.5) is 0 Å². The van der Waals surface area contributed by atoms with Crippen molar-refractivity contribution in [3.63, 3.8) is 0 Å². The van der Waals surface area contributed by atoms with E-state index >= 15 is 0 Å². The summed E-state index contributed by atoms with van der Waals surface area (Å²) in [6.07, 6.45) is 0.785. The number of ether oxygens (including phenoxy) is 1. The molecule has 0 saturated heterocycles. The Kier molecular flexibility index (Phi) is 5.98. The van der Waals surface area contributed by atoms with Gasteiger partial charge in [-0.1, -0.05) is 6.92 Å². The van der Waals surface area contributed by atoms with Gasteiger partial charge in [-0.05, 0) is 30.4 Å². The van der Waals surface area contributed by atoms with E-state index in [2.05, 4.69) is 0 Å². The van der Waals surface area contributed by atoms with Gasteiger partial charge in [0.15, 0.2) is 0 Å². The van der Waals surface area contributed by atoms with Crippen LogP contribution in [0.5, 0.6) is 0 Å². The summed E-state index contributed by atoms with van der Waals surface area (Å²) < 4.78 is 4.98. The Morgan fingerprint density at radius 2 is 2.21 bits per heavy atom. The molecule has 106 valence electrons. The first-order valence-electron chi connectivity index (χ1n) is 6.18. The zero-order chi connectivity index (χ0) is 14.4. The van der Waals surface area contributed by atoms with Gasteiger partial charge in [0.05, 0.1) is 11.5 Å². The minimum Gasteiger partial charge on any atom is -0.383 e. The fourth-order valence-corrected chi connectivity index (χ4v) is 2.70. The van der Waals surface area contributed by atoms with E-state index in [-0.39, 0.29) is 5.91 Å². The fourth-order valence-electron chi connectivity index (χ4n) is 1.75. The molecule has 0 aliphatic heterocycles. The van der Waals surface area contributed by atoms with Gasteiger partial charge in [-0.15, -0.1) is 11.3 Å². The van der Waals surface area contributed by atoms with Crippen molar-refractivity contribution in [1.29, 1.82) is 0 Å². The maximum Gasteiger partial charge on any atom is 0.264 e. The van der Waals surface area contributed by atoms with Gasteiger partial charge in [-0.2, -0.15) is 0 Å². The highest BCUT2D eigenvalue weighted by molar-refractivity contribution is 7.12. The Labute approximate surface area is 117 Å². The average Bonchev–Trinajstić information content (AvgIpc) is 2.86. The summed E-state index contributed by atoms with van der Waals surface area (Å²) in [5.74, 6) is -0.672. The first-order chi connectivity index (χ1) is 9.02. The number of hydrogen-bond donors (Lipinski definition) is 1. The number of rotatable bonds is 7. The number of methoxy groups -OCH3 is 1. The third-order valence-corrected chi connectivity index (χ3v) is 3.94. The van der Waals surface area contributed by atoms with Crippen LogP contribution in [0.2, 0.25) is 0 Å². The molecule has 0 aliphatic carbocycles. The van der Waals surface area contributed by atoms with Gasteiger partial charge in [0, 0.05) is 13.7 Å². The molecule has 1 rings (SSSR count). The summed E-state index contributed by atoms with van der Waals surface area (Å²) in [6, 6.07) is 1.29. The van der Waals surface area contributed by atoms with Crippen molar-refractivity contribution >= 4 is 23.2 Å². The number of carbonyl (C=O) groups is 2. The third-order valence-electron chi connectivity index (χ3n) is 3.00. The Balaban J connectivity index is 2.96. The Morgan fingerprint density at radius 3 is 2.74 bits per heavy atom. The Hall–Kier alpha value is -1.40. The number of nitrogens with zero attached hydrogens (tertiary/aromatic N) is 1. The predicted octanol–water partition coefficient (Wildman–Crippen LogP) is 1.27. The van der Waals surface area contributed by atoms with Gasteiger partial charge in [0.1, 0.15) is 6.04 Å². The normalized spacial score (nSPS) is 12.2. The van der Waals surface area contributed by atoms with Crippen LogP contribution in [0.3, 0.4) is 0 Å². The molecular formula is C13H20N2O3S. The van der Waals surface area contributed by atoms with E-state index in [1.54, 1.807) is 14.0 Å². The number of aryl methyl sites for hydroxylation is 1. The molecule has 2 amide bonds. The molecule has 2 N–H and O–H groups in total. The highest BCUT2D eigenvalue weighted by Crippen LogP contribution is 2.20. The van der Waals surface area contributed by atoms with Crippen molar-refractivity contribution in [2.24, 2.45) is 5.73 Å². The van der Waals surface area contributed by atoms with Crippen molar-refractivity contribution < 1.29 is 14.3 Å². The number of primary amides is 1. The van der Waals surface area contributed by atoms with Gasteiger partial charge in [-0.3, -0.25) is 9.59 Å². The lowest BCUT2D eigenvalue weighted by molar-refractivity contribution is -0.122. The first kappa shape index (κ1) is 15.7.